The lowest BCUT2D eigenvalue weighted by molar-refractivity contribution is 0.0915. The fourth-order valence-electron chi connectivity index (χ4n) is 2.75. The van der Waals surface area contributed by atoms with Crippen LogP contribution in [-0.4, -0.2) is 31.2 Å². The molecule has 1 N–H and O–H groups in total. The van der Waals surface area contributed by atoms with E-state index in [4.69, 9.17) is 4.42 Å². The Bertz CT molecular complexity index is 1130. The van der Waals surface area contributed by atoms with Crippen molar-refractivity contribution >= 4 is 29.0 Å². The van der Waals surface area contributed by atoms with Crippen LogP contribution in [0.1, 0.15) is 36.3 Å². The van der Waals surface area contributed by atoms with Gasteiger partial charge in [0.15, 0.2) is 10.9 Å². The molecule has 3 aromatic heterocycles. The summed E-state index contributed by atoms with van der Waals surface area (Å²) in [6.45, 7) is 5.84. The van der Waals surface area contributed by atoms with Gasteiger partial charge in [-0.1, -0.05) is 30.0 Å². The average molecular weight is 440 g/mol. The van der Waals surface area contributed by atoms with Crippen LogP contribution in [0.4, 0.5) is 0 Å². The van der Waals surface area contributed by atoms with E-state index >= 15 is 0 Å². The number of hydrogen-bond donors (Lipinski definition) is 1. The first kappa shape index (κ1) is 20.4. The Balaban J connectivity index is 1.56. The second-order valence-electron chi connectivity index (χ2n) is 7.57. The number of carbonyl (C=O) groups is 1. The van der Waals surface area contributed by atoms with Gasteiger partial charge in [-0.15, -0.1) is 21.5 Å². The molecule has 0 spiro atoms. The van der Waals surface area contributed by atoms with Gasteiger partial charge in [0.1, 0.15) is 10.7 Å². The summed E-state index contributed by atoms with van der Waals surface area (Å²) in [4.78, 5) is 16.8. The Labute approximate surface area is 182 Å². The molecule has 30 heavy (non-hydrogen) atoms. The monoisotopic (exact) mass is 439 g/mol. The van der Waals surface area contributed by atoms with Crippen LogP contribution in [-0.2, 0) is 5.75 Å². The van der Waals surface area contributed by atoms with Crippen molar-refractivity contribution in [2.24, 2.45) is 0 Å². The molecule has 3 heterocycles. The van der Waals surface area contributed by atoms with E-state index in [0.29, 0.717) is 23.0 Å². The first-order chi connectivity index (χ1) is 14.4. The van der Waals surface area contributed by atoms with Gasteiger partial charge in [-0.2, -0.15) is 0 Å². The van der Waals surface area contributed by atoms with E-state index in [1.807, 2.05) is 67.8 Å². The fraction of sp³-hybridized carbons (Fsp3) is 0.238. The molecule has 0 fully saturated rings. The smallest absolute Gasteiger partial charge is 0.271 e. The topological polar surface area (TPSA) is 85.8 Å². The highest BCUT2D eigenvalue weighted by molar-refractivity contribution is 7.98. The molecule has 9 heteroatoms. The first-order valence-electron chi connectivity index (χ1n) is 9.35. The molecular weight excluding hydrogens is 418 g/mol. The minimum Gasteiger partial charge on any atom is -0.461 e. The maximum absolute atomic E-state index is 12.3. The van der Waals surface area contributed by atoms with Crippen molar-refractivity contribution < 1.29 is 9.21 Å². The van der Waals surface area contributed by atoms with E-state index in [2.05, 4.69) is 20.5 Å². The number of nitrogens with one attached hydrogen (secondary N) is 1. The molecule has 7 nitrogen and oxygen atoms in total. The van der Waals surface area contributed by atoms with E-state index in [1.165, 1.54) is 23.1 Å². The fourth-order valence-corrected chi connectivity index (χ4v) is 4.50. The lowest BCUT2D eigenvalue weighted by atomic mass is 10.1. The van der Waals surface area contributed by atoms with Crippen molar-refractivity contribution in [3.8, 4) is 17.3 Å². The molecule has 0 saturated heterocycles. The first-order valence-corrected chi connectivity index (χ1v) is 11.2. The van der Waals surface area contributed by atoms with Crippen LogP contribution in [0.2, 0.25) is 0 Å². The third kappa shape index (κ3) is 4.63. The molecule has 1 amide bonds. The molecule has 0 radical (unpaired) electrons. The highest BCUT2D eigenvalue weighted by Crippen LogP contribution is 2.30. The second-order valence-corrected chi connectivity index (χ2v) is 9.46. The summed E-state index contributed by atoms with van der Waals surface area (Å²) in [5, 5.41) is 15.0. The van der Waals surface area contributed by atoms with Crippen LogP contribution >= 0.6 is 23.1 Å². The van der Waals surface area contributed by atoms with Gasteiger partial charge in [0.25, 0.3) is 5.91 Å². The van der Waals surface area contributed by atoms with Crippen molar-refractivity contribution in [3.63, 3.8) is 0 Å². The summed E-state index contributed by atoms with van der Waals surface area (Å²) >= 11 is 2.98. The maximum atomic E-state index is 12.3. The van der Waals surface area contributed by atoms with Gasteiger partial charge in [0.2, 0.25) is 5.82 Å². The largest absolute Gasteiger partial charge is 0.461 e. The number of rotatable bonds is 6. The predicted molar refractivity (Wildman–Crippen MR) is 118 cm³/mol. The summed E-state index contributed by atoms with van der Waals surface area (Å²) in [6.07, 6.45) is 1.62. The number of thioether (sulfide) groups is 1. The molecule has 0 aliphatic heterocycles. The van der Waals surface area contributed by atoms with Crippen molar-refractivity contribution in [2.75, 3.05) is 0 Å². The van der Waals surface area contributed by atoms with Crippen LogP contribution < -0.4 is 5.32 Å². The number of para-hydroxylation sites is 1. The SMILES string of the molecule is CC(C)(C)NC(=O)c1csc(CSc2nnc(-c3ccco3)n2-c2ccccc2)n1. The number of thiazole rings is 1. The highest BCUT2D eigenvalue weighted by Gasteiger charge is 2.20. The van der Waals surface area contributed by atoms with Gasteiger partial charge in [-0.3, -0.25) is 9.36 Å². The van der Waals surface area contributed by atoms with E-state index in [0.717, 1.165) is 15.9 Å². The molecular formula is C21H21N5O2S2. The average Bonchev–Trinajstić information content (AvgIpc) is 3.45. The lowest BCUT2D eigenvalue weighted by Crippen LogP contribution is -2.40. The Kier molecular flexibility index (Phi) is 5.74. The van der Waals surface area contributed by atoms with Gasteiger partial charge in [-0.25, -0.2) is 4.98 Å². The number of hydrogen-bond acceptors (Lipinski definition) is 7. The van der Waals surface area contributed by atoms with E-state index in [9.17, 15) is 4.79 Å². The molecule has 0 aliphatic rings. The Morgan fingerprint density at radius 2 is 1.97 bits per heavy atom. The summed E-state index contributed by atoms with van der Waals surface area (Å²) in [6, 6.07) is 13.6. The molecule has 0 aliphatic carbocycles. The molecule has 0 saturated carbocycles. The Morgan fingerprint density at radius 1 is 1.17 bits per heavy atom. The summed E-state index contributed by atoms with van der Waals surface area (Å²) in [5.74, 6) is 1.70. The molecule has 154 valence electrons. The minimum atomic E-state index is -0.302. The summed E-state index contributed by atoms with van der Waals surface area (Å²) in [5.41, 5.74) is 1.08. The van der Waals surface area contributed by atoms with Gasteiger partial charge in [0.05, 0.1) is 12.0 Å². The van der Waals surface area contributed by atoms with Gasteiger partial charge in [0, 0.05) is 16.6 Å². The van der Waals surface area contributed by atoms with Gasteiger partial charge >= 0.3 is 0 Å². The van der Waals surface area contributed by atoms with Crippen LogP contribution in [0, 0.1) is 0 Å². The Hall–Kier alpha value is -2.91. The zero-order valence-corrected chi connectivity index (χ0v) is 18.5. The van der Waals surface area contributed by atoms with Crippen molar-refractivity contribution in [1.82, 2.24) is 25.1 Å². The minimum absolute atomic E-state index is 0.164. The Morgan fingerprint density at radius 3 is 2.67 bits per heavy atom. The maximum Gasteiger partial charge on any atom is 0.271 e. The van der Waals surface area contributed by atoms with Gasteiger partial charge < -0.3 is 9.73 Å². The number of nitrogens with zero attached hydrogens (tertiary/aromatic N) is 4. The molecule has 0 unspecified atom stereocenters. The number of furan rings is 1. The van der Waals surface area contributed by atoms with Crippen molar-refractivity contribution in [1.29, 1.82) is 0 Å². The summed E-state index contributed by atoms with van der Waals surface area (Å²) < 4.78 is 7.50. The number of aromatic nitrogens is 4. The molecule has 4 rings (SSSR count). The second kappa shape index (κ2) is 8.45. The molecule has 0 atom stereocenters. The lowest BCUT2D eigenvalue weighted by Gasteiger charge is -2.19. The van der Waals surface area contributed by atoms with E-state index in [-0.39, 0.29) is 11.4 Å². The zero-order valence-electron chi connectivity index (χ0n) is 16.8. The van der Waals surface area contributed by atoms with Crippen LogP contribution in [0.25, 0.3) is 17.3 Å². The third-order valence-electron chi connectivity index (χ3n) is 3.99. The van der Waals surface area contributed by atoms with Crippen molar-refractivity contribution in [3.05, 3.63) is 64.8 Å². The van der Waals surface area contributed by atoms with Gasteiger partial charge in [-0.05, 0) is 45.0 Å². The normalized spacial score (nSPS) is 11.6. The van der Waals surface area contributed by atoms with Crippen LogP contribution in [0.3, 0.4) is 0 Å². The van der Waals surface area contributed by atoms with Crippen LogP contribution in [0.15, 0.2) is 63.7 Å². The predicted octanol–water partition coefficient (Wildman–Crippen LogP) is 4.80. The standard InChI is InChI=1S/C21H21N5O2S2/c1-21(2,3)23-19(27)15-12-29-17(22-15)13-30-20-25-24-18(16-10-7-11-28-16)26(20)14-8-5-4-6-9-14/h4-12H,13H2,1-3H3,(H,23,27). The number of amides is 1. The summed E-state index contributed by atoms with van der Waals surface area (Å²) in [7, 11) is 0. The quantitative estimate of drug-likeness (QED) is 0.434. The van der Waals surface area contributed by atoms with E-state index in [1.54, 1.807) is 11.6 Å². The zero-order chi connectivity index (χ0) is 21.1. The molecule has 0 bridgehead atoms. The van der Waals surface area contributed by atoms with Crippen LogP contribution in [0.5, 0.6) is 0 Å². The highest BCUT2D eigenvalue weighted by atomic mass is 32.2. The van der Waals surface area contributed by atoms with Crippen molar-refractivity contribution in [2.45, 2.75) is 37.2 Å². The number of carbonyl (C=O) groups excluding carboxylic acids is 1. The number of benzene rings is 1. The molecule has 4 aromatic rings. The van der Waals surface area contributed by atoms with E-state index < -0.39 is 0 Å². The third-order valence-corrected chi connectivity index (χ3v) is 5.96. The molecule has 1 aromatic carbocycles.